The Labute approximate surface area is 144 Å². The summed E-state index contributed by atoms with van der Waals surface area (Å²) in [5.41, 5.74) is -2.42. The zero-order valence-electron chi connectivity index (χ0n) is 13.6. The van der Waals surface area contributed by atoms with Gasteiger partial charge in [0, 0.05) is 26.3 Å². The van der Waals surface area contributed by atoms with Gasteiger partial charge in [-0.25, -0.2) is 21.6 Å². The Balaban J connectivity index is 2.20. The van der Waals surface area contributed by atoms with Crippen LogP contribution < -0.4 is 5.32 Å². The highest BCUT2D eigenvalue weighted by molar-refractivity contribution is 7.89. The van der Waals surface area contributed by atoms with E-state index in [0.29, 0.717) is 10.4 Å². The monoisotopic (exact) mass is 380 g/mol. The molecular formula is C15H19F3N2O4S. The molecule has 1 aliphatic heterocycles. The van der Waals surface area contributed by atoms with Crippen molar-refractivity contribution in [2.75, 3.05) is 33.4 Å². The van der Waals surface area contributed by atoms with Gasteiger partial charge in [0.1, 0.15) is 16.5 Å². The predicted octanol–water partition coefficient (Wildman–Crippen LogP) is 1.22. The van der Waals surface area contributed by atoms with Crippen molar-refractivity contribution >= 4 is 15.9 Å². The van der Waals surface area contributed by atoms with Crippen molar-refractivity contribution in [3.8, 4) is 0 Å². The molecule has 6 nitrogen and oxygen atoms in total. The number of ether oxygens (including phenoxy) is 1. The van der Waals surface area contributed by atoms with E-state index in [-0.39, 0.29) is 32.5 Å². The molecule has 1 aromatic carbocycles. The number of nitrogens with one attached hydrogen (secondary N) is 1. The van der Waals surface area contributed by atoms with Crippen molar-refractivity contribution in [1.82, 2.24) is 9.62 Å². The Hall–Kier alpha value is -1.65. The number of alkyl halides is 1. The van der Waals surface area contributed by atoms with Crippen LogP contribution in [0, 0.1) is 11.6 Å². The number of methoxy groups -OCH3 is 1. The maximum atomic E-state index is 14.9. The van der Waals surface area contributed by atoms with Crippen molar-refractivity contribution in [2.45, 2.75) is 23.4 Å². The van der Waals surface area contributed by atoms with Gasteiger partial charge in [-0.2, -0.15) is 4.31 Å². The van der Waals surface area contributed by atoms with Gasteiger partial charge in [-0.15, -0.1) is 0 Å². The van der Waals surface area contributed by atoms with Crippen LogP contribution in [0.2, 0.25) is 0 Å². The van der Waals surface area contributed by atoms with E-state index in [2.05, 4.69) is 5.32 Å². The third kappa shape index (κ3) is 4.31. The quantitative estimate of drug-likeness (QED) is 0.753. The zero-order valence-corrected chi connectivity index (χ0v) is 14.4. The fourth-order valence-corrected chi connectivity index (χ4v) is 4.18. The Morgan fingerprint density at radius 2 is 2.12 bits per heavy atom. The molecule has 0 saturated carbocycles. The molecule has 0 bridgehead atoms. The van der Waals surface area contributed by atoms with Crippen LogP contribution in [0.1, 0.15) is 12.8 Å². The van der Waals surface area contributed by atoms with Crippen LogP contribution in [0.25, 0.3) is 0 Å². The zero-order chi connectivity index (χ0) is 18.7. The Kier molecular flexibility index (Phi) is 6.07. The molecular weight excluding hydrogens is 361 g/mol. The largest absolute Gasteiger partial charge is 0.383 e. The highest BCUT2D eigenvalue weighted by atomic mass is 32.2. The number of halogens is 3. The molecule has 1 saturated heterocycles. The van der Waals surface area contributed by atoms with E-state index in [9.17, 15) is 26.4 Å². The molecule has 0 aromatic heterocycles. The van der Waals surface area contributed by atoms with E-state index >= 15 is 0 Å². The molecule has 25 heavy (non-hydrogen) atoms. The summed E-state index contributed by atoms with van der Waals surface area (Å²) in [4.78, 5) is 11.3. The average Bonchev–Trinajstić information content (AvgIpc) is 2.54. The van der Waals surface area contributed by atoms with Crippen molar-refractivity contribution in [1.29, 1.82) is 0 Å². The summed E-state index contributed by atoms with van der Waals surface area (Å²) in [6.45, 7) is -0.522. The van der Waals surface area contributed by atoms with E-state index in [1.807, 2.05) is 0 Å². The topological polar surface area (TPSA) is 75.7 Å². The lowest BCUT2D eigenvalue weighted by Gasteiger charge is -2.35. The lowest BCUT2D eigenvalue weighted by Crippen LogP contribution is -2.56. The van der Waals surface area contributed by atoms with Gasteiger partial charge in [0.2, 0.25) is 15.7 Å². The summed E-state index contributed by atoms with van der Waals surface area (Å²) in [6, 6.07) is 2.03. The summed E-state index contributed by atoms with van der Waals surface area (Å²) >= 11 is 0. The van der Waals surface area contributed by atoms with E-state index in [0.717, 1.165) is 12.1 Å². The van der Waals surface area contributed by atoms with Gasteiger partial charge < -0.3 is 10.1 Å². The van der Waals surface area contributed by atoms with Gasteiger partial charge >= 0.3 is 0 Å². The fraction of sp³-hybridized carbons (Fsp3) is 0.533. The number of carbonyl (C=O) groups excluding carboxylic acids is 1. The van der Waals surface area contributed by atoms with Gasteiger partial charge in [0.05, 0.1) is 13.2 Å². The first-order valence-electron chi connectivity index (χ1n) is 7.62. The van der Waals surface area contributed by atoms with Crippen LogP contribution in [0.5, 0.6) is 0 Å². The Morgan fingerprint density at radius 1 is 1.40 bits per heavy atom. The van der Waals surface area contributed by atoms with Gasteiger partial charge in [-0.05, 0) is 25.0 Å². The van der Waals surface area contributed by atoms with Crippen LogP contribution in [0.3, 0.4) is 0 Å². The maximum absolute atomic E-state index is 14.9. The molecule has 1 unspecified atom stereocenters. The highest BCUT2D eigenvalue weighted by Crippen LogP contribution is 2.30. The predicted molar refractivity (Wildman–Crippen MR) is 83.1 cm³/mol. The number of sulfonamides is 1. The molecule has 2 rings (SSSR count). The molecule has 0 aliphatic carbocycles. The maximum Gasteiger partial charge on any atom is 0.259 e. The standard InChI is InChI=1S/C15H19F3N2O4S/c1-24-8-6-19-14(21)15(18)5-2-7-20(10-15)25(22,23)13-4-3-11(16)9-12(13)17/h3-4,9H,2,5-8,10H2,1H3,(H,19,21). The van der Waals surface area contributed by atoms with Crippen molar-refractivity contribution in [3.05, 3.63) is 29.8 Å². The molecule has 10 heteroatoms. The number of piperidine rings is 1. The molecule has 140 valence electrons. The summed E-state index contributed by atoms with van der Waals surface area (Å²) in [7, 11) is -2.97. The number of nitrogens with zero attached hydrogens (tertiary/aromatic N) is 1. The Morgan fingerprint density at radius 3 is 2.76 bits per heavy atom. The molecule has 1 atom stereocenters. The second kappa shape index (κ2) is 7.71. The van der Waals surface area contributed by atoms with Gasteiger partial charge in [0.25, 0.3) is 5.91 Å². The summed E-state index contributed by atoms with van der Waals surface area (Å²) in [6.07, 6.45) is -0.0556. The van der Waals surface area contributed by atoms with Crippen LogP contribution in [0.15, 0.2) is 23.1 Å². The molecule has 1 fully saturated rings. The molecule has 1 amide bonds. The number of hydrogen-bond donors (Lipinski definition) is 1. The molecule has 1 aromatic rings. The number of hydrogen-bond acceptors (Lipinski definition) is 4. The van der Waals surface area contributed by atoms with Crippen LogP contribution >= 0.6 is 0 Å². The van der Waals surface area contributed by atoms with E-state index < -0.39 is 44.7 Å². The summed E-state index contributed by atoms with van der Waals surface area (Å²) < 4.78 is 72.3. The Bertz CT molecular complexity index is 744. The summed E-state index contributed by atoms with van der Waals surface area (Å²) in [5.74, 6) is -3.13. The normalized spacial score (nSPS) is 21.9. The fourth-order valence-electron chi connectivity index (χ4n) is 2.61. The second-order valence-corrected chi connectivity index (χ2v) is 7.64. The van der Waals surface area contributed by atoms with E-state index in [1.54, 1.807) is 0 Å². The summed E-state index contributed by atoms with van der Waals surface area (Å²) in [5, 5.41) is 2.34. The van der Waals surface area contributed by atoms with Gasteiger partial charge in [0.15, 0.2) is 0 Å². The SMILES string of the molecule is COCCNC(=O)C1(F)CCCN(S(=O)(=O)c2ccc(F)cc2F)C1. The lowest BCUT2D eigenvalue weighted by atomic mass is 9.95. The smallest absolute Gasteiger partial charge is 0.259 e. The molecule has 1 heterocycles. The average molecular weight is 380 g/mol. The number of amides is 1. The number of benzene rings is 1. The minimum atomic E-state index is -4.39. The second-order valence-electron chi connectivity index (χ2n) is 5.73. The van der Waals surface area contributed by atoms with Crippen LogP contribution in [0.4, 0.5) is 13.2 Å². The van der Waals surface area contributed by atoms with Crippen molar-refractivity contribution in [2.24, 2.45) is 0 Å². The van der Waals surface area contributed by atoms with Crippen LogP contribution in [-0.4, -0.2) is 57.6 Å². The van der Waals surface area contributed by atoms with Crippen LogP contribution in [-0.2, 0) is 19.6 Å². The minimum absolute atomic E-state index is 0.0594. The lowest BCUT2D eigenvalue weighted by molar-refractivity contribution is -0.135. The molecule has 1 aliphatic rings. The molecule has 1 N–H and O–H groups in total. The minimum Gasteiger partial charge on any atom is -0.383 e. The number of carbonyl (C=O) groups is 1. The van der Waals surface area contributed by atoms with Crippen molar-refractivity contribution in [3.63, 3.8) is 0 Å². The van der Waals surface area contributed by atoms with E-state index in [1.165, 1.54) is 7.11 Å². The first-order chi connectivity index (χ1) is 11.7. The first-order valence-corrected chi connectivity index (χ1v) is 9.06. The third-order valence-corrected chi connectivity index (χ3v) is 5.80. The van der Waals surface area contributed by atoms with E-state index in [4.69, 9.17) is 4.74 Å². The number of rotatable bonds is 6. The third-order valence-electron chi connectivity index (χ3n) is 3.92. The van der Waals surface area contributed by atoms with Gasteiger partial charge in [-0.1, -0.05) is 0 Å². The highest BCUT2D eigenvalue weighted by Gasteiger charge is 2.46. The molecule has 0 radical (unpaired) electrons. The van der Waals surface area contributed by atoms with Gasteiger partial charge in [-0.3, -0.25) is 4.79 Å². The first kappa shape index (κ1) is 19.7. The molecule has 0 spiro atoms. The van der Waals surface area contributed by atoms with Crippen molar-refractivity contribution < 1.29 is 31.1 Å².